The molecule has 0 amide bonds. The highest BCUT2D eigenvalue weighted by Crippen LogP contribution is 2.26. The SMILES string of the molecule is CCNCc1sc(S(=O)(=O)NCc2ncc(C)o2)cc1C. The number of sulfonamides is 1. The van der Waals surface area contributed by atoms with Crippen molar-refractivity contribution < 1.29 is 12.8 Å². The number of aryl methyl sites for hydroxylation is 2. The van der Waals surface area contributed by atoms with Gasteiger partial charge in [0.05, 0.1) is 12.7 Å². The van der Waals surface area contributed by atoms with Gasteiger partial charge in [-0.15, -0.1) is 11.3 Å². The van der Waals surface area contributed by atoms with Gasteiger partial charge in [0.15, 0.2) is 0 Å². The molecular weight excluding hydrogens is 310 g/mol. The van der Waals surface area contributed by atoms with E-state index in [0.29, 0.717) is 22.4 Å². The molecule has 0 aliphatic carbocycles. The maximum absolute atomic E-state index is 12.3. The van der Waals surface area contributed by atoms with Crippen LogP contribution >= 0.6 is 11.3 Å². The number of hydrogen-bond donors (Lipinski definition) is 2. The number of hydrogen-bond acceptors (Lipinski definition) is 6. The predicted octanol–water partition coefficient (Wildman–Crippen LogP) is 1.94. The second kappa shape index (κ2) is 6.69. The van der Waals surface area contributed by atoms with Gasteiger partial charge >= 0.3 is 0 Å². The van der Waals surface area contributed by atoms with Crippen molar-refractivity contribution in [2.24, 2.45) is 0 Å². The first kappa shape index (κ1) is 16.2. The molecule has 0 saturated carbocycles. The molecule has 0 fully saturated rings. The first-order valence-electron chi connectivity index (χ1n) is 6.63. The quantitative estimate of drug-likeness (QED) is 0.811. The van der Waals surface area contributed by atoms with E-state index in [-0.39, 0.29) is 6.54 Å². The average molecular weight is 329 g/mol. The van der Waals surface area contributed by atoms with E-state index < -0.39 is 10.0 Å². The molecule has 0 aliphatic heterocycles. The van der Waals surface area contributed by atoms with Crippen LogP contribution in [0.25, 0.3) is 0 Å². The van der Waals surface area contributed by atoms with Gasteiger partial charge in [-0.25, -0.2) is 18.1 Å². The monoisotopic (exact) mass is 329 g/mol. The van der Waals surface area contributed by atoms with Gasteiger partial charge in [0, 0.05) is 11.4 Å². The van der Waals surface area contributed by atoms with Crippen molar-refractivity contribution in [1.82, 2.24) is 15.0 Å². The zero-order valence-electron chi connectivity index (χ0n) is 12.3. The van der Waals surface area contributed by atoms with Crippen LogP contribution in [0.1, 0.15) is 29.0 Å². The van der Waals surface area contributed by atoms with Crippen LogP contribution in [-0.4, -0.2) is 19.9 Å². The van der Waals surface area contributed by atoms with Crippen molar-refractivity contribution in [3.8, 4) is 0 Å². The van der Waals surface area contributed by atoms with Crippen molar-refractivity contribution >= 4 is 21.4 Å². The third-order valence-electron chi connectivity index (χ3n) is 2.88. The topological polar surface area (TPSA) is 84.2 Å². The molecule has 0 radical (unpaired) electrons. The van der Waals surface area contributed by atoms with Crippen molar-refractivity contribution in [3.63, 3.8) is 0 Å². The van der Waals surface area contributed by atoms with E-state index in [9.17, 15) is 8.42 Å². The fourth-order valence-electron chi connectivity index (χ4n) is 1.75. The Labute approximate surface area is 128 Å². The molecule has 21 heavy (non-hydrogen) atoms. The summed E-state index contributed by atoms with van der Waals surface area (Å²) in [5.74, 6) is 1.02. The zero-order chi connectivity index (χ0) is 15.5. The Morgan fingerprint density at radius 1 is 1.33 bits per heavy atom. The highest BCUT2D eigenvalue weighted by atomic mass is 32.2. The van der Waals surface area contributed by atoms with E-state index >= 15 is 0 Å². The fourth-order valence-corrected chi connectivity index (χ4v) is 4.32. The van der Waals surface area contributed by atoms with E-state index in [2.05, 4.69) is 15.0 Å². The van der Waals surface area contributed by atoms with Gasteiger partial charge in [-0.3, -0.25) is 0 Å². The van der Waals surface area contributed by atoms with Crippen LogP contribution in [0.2, 0.25) is 0 Å². The lowest BCUT2D eigenvalue weighted by Gasteiger charge is -2.02. The summed E-state index contributed by atoms with van der Waals surface area (Å²) in [6.45, 7) is 7.28. The molecule has 2 aromatic rings. The Morgan fingerprint density at radius 3 is 2.71 bits per heavy atom. The summed E-state index contributed by atoms with van der Waals surface area (Å²) in [6, 6.07) is 1.69. The van der Waals surface area contributed by atoms with E-state index in [0.717, 1.165) is 17.0 Å². The molecule has 0 atom stereocenters. The second-order valence-corrected chi connectivity index (χ2v) is 7.77. The van der Waals surface area contributed by atoms with Crippen LogP contribution in [-0.2, 0) is 23.1 Å². The third-order valence-corrected chi connectivity index (χ3v) is 5.99. The predicted molar refractivity (Wildman–Crippen MR) is 81.7 cm³/mol. The number of rotatable bonds is 7. The molecule has 116 valence electrons. The molecule has 2 rings (SSSR count). The van der Waals surface area contributed by atoms with Crippen LogP contribution in [0.5, 0.6) is 0 Å². The summed E-state index contributed by atoms with van der Waals surface area (Å²) < 4.78 is 32.6. The molecule has 0 saturated heterocycles. The Bertz CT molecular complexity index is 704. The molecule has 0 aliphatic rings. The van der Waals surface area contributed by atoms with Gasteiger partial charge in [-0.1, -0.05) is 6.92 Å². The first-order chi connectivity index (χ1) is 9.92. The zero-order valence-corrected chi connectivity index (χ0v) is 13.9. The minimum absolute atomic E-state index is 0.0513. The van der Waals surface area contributed by atoms with Gasteiger partial charge in [0.1, 0.15) is 9.97 Å². The minimum atomic E-state index is -3.54. The molecule has 0 spiro atoms. The van der Waals surface area contributed by atoms with Crippen molar-refractivity contribution in [1.29, 1.82) is 0 Å². The summed E-state index contributed by atoms with van der Waals surface area (Å²) >= 11 is 1.28. The van der Waals surface area contributed by atoms with Crippen LogP contribution in [0.3, 0.4) is 0 Å². The van der Waals surface area contributed by atoms with Crippen LogP contribution in [0.15, 0.2) is 20.9 Å². The molecule has 0 bridgehead atoms. The lowest BCUT2D eigenvalue weighted by atomic mass is 10.3. The maximum atomic E-state index is 12.3. The Kier molecular flexibility index (Phi) is 5.15. The largest absolute Gasteiger partial charge is 0.445 e. The highest BCUT2D eigenvalue weighted by molar-refractivity contribution is 7.91. The standard InChI is InChI=1S/C13H19N3O3S2/c1-4-14-7-11-9(2)5-13(20-11)21(17,18)16-8-12-15-6-10(3)19-12/h5-6,14,16H,4,7-8H2,1-3H3. The van der Waals surface area contributed by atoms with Crippen LogP contribution in [0, 0.1) is 13.8 Å². The smallest absolute Gasteiger partial charge is 0.250 e. The van der Waals surface area contributed by atoms with E-state index in [4.69, 9.17) is 4.42 Å². The number of nitrogens with zero attached hydrogens (tertiary/aromatic N) is 1. The van der Waals surface area contributed by atoms with Gasteiger partial charge in [-0.2, -0.15) is 0 Å². The highest BCUT2D eigenvalue weighted by Gasteiger charge is 2.19. The van der Waals surface area contributed by atoms with Gasteiger partial charge in [-0.05, 0) is 32.0 Å². The Balaban J connectivity index is 2.08. The second-order valence-electron chi connectivity index (χ2n) is 4.64. The molecule has 0 aromatic carbocycles. The number of nitrogens with one attached hydrogen (secondary N) is 2. The molecule has 2 N–H and O–H groups in total. The number of oxazole rings is 1. The Hall–Kier alpha value is -1.22. The van der Waals surface area contributed by atoms with Crippen LogP contribution < -0.4 is 10.0 Å². The van der Waals surface area contributed by atoms with Gasteiger partial charge < -0.3 is 9.73 Å². The van der Waals surface area contributed by atoms with E-state index in [1.807, 2.05) is 13.8 Å². The normalized spacial score (nSPS) is 12.0. The lowest BCUT2D eigenvalue weighted by Crippen LogP contribution is -2.22. The molecule has 8 heteroatoms. The van der Waals surface area contributed by atoms with E-state index in [1.165, 1.54) is 11.3 Å². The van der Waals surface area contributed by atoms with Crippen molar-refractivity contribution in [3.05, 3.63) is 34.4 Å². The fraction of sp³-hybridized carbons (Fsp3) is 0.462. The van der Waals surface area contributed by atoms with Crippen molar-refractivity contribution in [2.75, 3.05) is 6.54 Å². The number of aromatic nitrogens is 1. The molecular formula is C13H19N3O3S2. The summed E-state index contributed by atoms with van der Waals surface area (Å²) in [4.78, 5) is 5.01. The lowest BCUT2D eigenvalue weighted by molar-refractivity contribution is 0.463. The molecule has 0 unspecified atom stereocenters. The van der Waals surface area contributed by atoms with Crippen LogP contribution in [0.4, 0.5) is 0 Å². The summed E-state index contributed by atoms with van der Waals surface area (Å²) in [5, 5.41) is 3.20. The summed E-state index contributed by atoms with van der Waals surface area (Å²) in [7, 11) is -3.54. The maximum Gasteiger partial charge on any atom is 0.250 e. The molecule has 6 nitrogen and oxygen atoms in total. The minimum Gasteiger partial charge on any atom is -0.445 e. The molecule has 2 heterocycles. The summed E-state index contributed by atoms with van der Waals surface area (Å²) in [5.41, 5.74) is 0.980. The van der Waals surface area contributed by atoms with Gasteiger partial charge in [0.25, 0.3) is 10.0 Å². The average Bonchev–Trinajstić information content (AvgIpc) is 3.01. The molecule has 2 aromatic heterocycles. The number of thiophene rings is 1. The first-order valence-corrected chi connectivity index (χ1v) is 8.93. The Morgan fingerprint density at radius 2 is 2.10 bits per heavy atom. The van der Waals surface area contributed by atoms with E-state index in [1.54, 1.807) is 19.2 Å². The third kappa shape index (κ3) is 4.13. The van der Waals surface area contributed by atoms with Crippen molar-refractivity contribution in [2.45, 2.75) is 38.1 Å². The van der Waals surface area contributed by atoms with Gasteiger partial charge in [0.2, 0.25) is 5.89 Å². The summed E-state index contributed by atoms with van der Waals surface area (Å²) in [6.07, 6.45) is 1.56.